The second-order valence-electron chi connectivity index (χ2n) is 6.81. The molecule has 0 fully saturated rings. The Morgan fingerprint density at radius 2 is 1.83 bits per heavy atom. The summed E-state index contributed by atoms with van der Waals surface area (Å²) >= 11 is 3.37. The molecule has 0 saturated heterocycles. The molecule has 2 aliphatic rings. The molecule has 7 nitrogen and oxygen atoms in total. The van der Waals surface area contributed by atoms with Crippen LogP contribution in [0.4, 0.5) is 0 Å². The van der Waals surface area contributed by atoms with Crippen LogP contribution in [0.2, 0.25) is 0 Å². The average Bonchev–Trinajstić information content (AvgIpc) is 3.33. The number of rotatable bonds is 4. The Hall–Kier alpha value is -2.62. The summed E-state index contributed by atoms with van der Waals surface area (Å²) in [7, 11) is 0. The van der Waals surface area contributed by atoms with Gasteiger partial charge in [0.25, 0.3) is 0 Å². The van der Waals surface area contributed by atoms with E-state index in [0.29, 0.717) is 12.2 Å². The maximum absolute atomic E-state index is 10.6. The van der Waals surface area contributed by atoms with E-state index in [2.05, 4.69) is 39.5 Å². The van der Waals surface area contributed by atoms with Crippen LogP contribution in [0.5, 0.6) is 0 Å². The molecule has 1 aromatic carbocycles. The summed E-state index contributed by atoms with van der Waals surface area (Å²) in [6, 6.07) is 8.45. The smallest absolute Gasteiger partial charge is 0.328 e. The molecule has 2 aliphatic heterocycles. The average molecular weight is 433 g/mol. The standard InChI is InChI=1S/C16H16N2OS2.C4H4O4/c1-16(2,19)14-13(18-8-7-17-15(18)21-14)11-9-20-12-6-4-3-5-10(11)12;5-3(6)1-2-4(7)8/h3-6,9,19H,7-8H2,1-2H3;1-2H,(H,5,6)(H,7,8). The highest BCUT2D eigenvalue weighted by atomic mass is 32.2. The number of aliphatic imine (C=N–C) groups is 1. The summed E-state index contributed by atoms with van der Waals surface area (Å²) in [4.78, 5) is 26.9. The Bertz CT molecular complexity index is 1030. The van der Waals surface area contributed by atoms with E-state index in [1.807, 2.05) is 13.8 Å². The van der Waals surface area contributed by atoms with Gasteiger partial charge in [-0.2, -0.15) is 0 Å². The number of hydrogen-bond donors (Lipinski definition) is 3. The second-order valence-corrected chi connectivity index (χ2v) is 8.70. The summed E-state index contributed by atoms with van der Waals surface area (Å²) < 4.78 is 1.28. The molecule has 0 unspecified atom stereocenters. The Morgan fingerprint density at radius 3 is 2.45 bits per heavy atom. The van der Waals surface area contributed by atoms with Crippen molar-refractivity contribution in [1.82, 2.24) is 4.90 Å². The van der Waals surface area contributed by atoms with Crippen molar-refractivity contribution in [1.29, 1.82) is 0 Å². The zero-order chi connectivity index (χ0) is 21.2. The molecule has 0 radical (unpaired) electrons. The number of hydrogen-bond acceptors (Lipinski definition) is 7. The number of carboxylic acids is 2. The van der Waals surface area contributed by atoms with E-state index in [-0.39, 0.29) is 0 Å². The number of nitrogens with zero attached hydrogens (tertiary/aromatic N) is 2. The number of fused-ring (bicyclic) bond motifs is 2. The van der Waals surface area contributed by atoms with Gasteiger partial charge in [-0.3, -0.25) is 4.99 Å². The molecule has 9 heteroatoms. The van der Waals surface area contributed by atoms with E-state index in [1.54, 1.807) is 23.1 Å². The minimum absolute atomic E-state index is 0.558. The summed E-state index contributed by atoms with van der Waals surface area (Å²) in [5, 5.41) is 30.7. The predicted molar refractivity (Wildman–Crippen MR) is 116 cm³/mol. The van der Waals surface area contributed by atoms with Crippen LogP contribution in [0.3, 0.4) is 0 Å². The van der Waals surface area contributed by atoms with Gasteiger partial charge in [0.1, 0.15) is 0 Å². The van der Waals surface area contributed by atoms with Crippen molar-refractivity contribution in [2.75, 3.05) is 13.1 Å². The first-order chi connectivity index (χ1) is 13.7. The molecule has 3 N–H and O–H groups in total. The minimum Gasteiger partial charge on any atom is -0.478 e. The van der Waals surface area contributed by atoms with Gasteiger partial charge < -0.3 is 20.2 Å². The molecule has 0 amide bonds. The molecule has 1 aromatic heterocycles. The van der Waals surface area contributed by atoms with Gasteiger partial charge in [0.2, 0.25) is 0 Å². The second kappa shape index (κ2) is 8.40. The van der Waals surface area contributed by atoms with Gasteiger partial charge in [-0.1, -0.05) is 30.0 Å². The van der Waals surface area contributed by atoms with Crippen LogP contribution in [0.15, 0.2) is 51.7 Å². The third-order valence-electron chi connectivity index (χ3n) is 4.14. The van der Waals surface area contributed by atoms with Gasteiger partial charge in [-0.15, -0.1) is 11.3 Å². The summed E-state index contributed by atoms with van der Waals surface area (Å²) in [5.41, 5.74) is 1.50. The number of benzene rings is 1. The largest absolute Gasteiger partial charge is 0.478 e. The zero-order valence-electron chi connectivity index (χ0n) is 15.8. The zero-order valence-corrected chi connectivity index (χ0v) is 17.5. The minimum atomic E-state index is -1.26. The van der Waals surface area contributed by atoms with Crippen LogP contribution in [0, 0.1) is 0 Å². The van der Waals surface area contributed by atoms with Crippen LogP contribution in [0.1, 0.15) is 19.4 Å². The van der Waals surface area contributed by atoms with Crippen molar-refractivity contribution in [2.24, 2.45) is 4.99 Å². The van der Waals surface area contributed by atoms with Crippen LogP contribution >= 0.6 is 23.1 Å². The quantitative estimate of drug-likeness (QED) is 0.635. The van der Waals surface area contributed by atoms with Crippen molar-refractivity contribution >= 4 is 56.0 Å². The molecule has 4 rings (SSSR count). The fraction of sp³-hybridized carbons (Fsp3) is 0.250. The van der Waals surface area contributed by atoms with Gasteiger partial charge in [-0.25, -0.2) is 9.59 Å². The molecule has 29 heavy (non-hydrogen) atoms. The number of thioether (sulfide) groups is 1. The van der Waals surface area contributed by atoms with Crippen LogP contribution in [-0.2, 0) is 9.59 Å². The van der Waals surface area contributed by atoms with E-state index in [4.69, 9.17) is 10.2 Å². The fourth-order valence-corrected chi connectivity index (χ4v) is 5.11. The van der Waals surface area contributed by atoms with E-state index in [1.165, 1.54) is 15.6 Å². The lowest BCUT2D eigenvalue weighted by Gasteiger charge is -2.21. The third kappa shape index (κ3) is 4.69. The van der Waals surface area contributed by atoms with Crippen LogP contribution in [0.25, 0.3) is 15.8 Å². The Kier molecular flexibility index (Phi) is 6.11. The number of carbonyl (C=O) groups is 2. The molecular formula is C20H20N2O5S2. The first-order valence-electron chi connectivity index (χ1n) is 8.76. The molecule has 0 bridgehead atoms. The van der Waals surface area contributed by atoms with E-state index < -0.39 is 17.5 Å². The Labute approximate surface area is 175 Å². The highest BCUT2D eigenvalue weighted by molar-refractivity contribution is 8.17. The van der Waals surface area contributed by atoms with Gasteiger partial charge in [-0.05, 0) is 19.9 Å². The molecule has 0 spiro atoms. The molecule has 152 valence electrons. The molecular weight excluding hydrogens is 412 g/mol. The lowest BCUT2D eigenvalue weighted by molar-refractivity contribution is -0.134. The van der Waals surface area contributed by atoms with Crippen molar-refractivity contribution in [3.63, 3.8) is 0 Å². The van der Waals surface area contributed by atoms with Crippen molar-refractivity contribution in [3.8, 4) is 0 Å². The van der Waals surface area contributed by atoms with Crippen molar-refractivity contribution < 1.29 is 24.9 Å². The summed E-state index contributed by atoms with van der Waals surface area (Å²) in [6.07, 6.45) is 1.12. The first kappa shape index (κ1) is 21.1. The van der Waals surface area contributed by atoms with E-state index in [9.17, 15) is 14.7 Å². The summed E-state index contributed by atoms with van der Waals surface area (Å²) in [6.45, 7) is 5.45. The SMILES string of the molecule is CC(C)(O)C1=C(c2csc3ccccc23)N2CCN=C2S1.O=C(O)C=CC(=O)O. The van der Waals surface area contributed by atoms with Crippen molar-refractivity contribution in [2.45, 2.75) is 19.4 Å². The number of carboxylic acid groups (broad SMARTS) is 2. The molecule has 3 heterocycles. The molecule has 0 saturated carbocycles. The maximum atomic E-state index is 10.6. The van der Waals surface area contributed by atoms with Gasteiger partial charge in [0.15, 0.2) is 5.17 Å². The number of aliphatic hydroxyl groups is 1. The Morgan fingerprint density at radius 1 is 1.17 bits per heavy atom. The maximum Gasteiger partial charge on any atom is 0.328 e. The number of aliphatic carboxylic acids is 2. The van der Waals surface area contributed by atoms with Crippen LogP contribution < -0.4 is 0 Å². The predicted octanol–water partition coefficient (Wildman–Crippen LogP) is 3.47. The van der Waals surface area contributed by atoms with Crippen molar-refractivity contribution in [3.05, 3.63) is 52.3 Å². The number of thiophene rings is 1. The van der Waals surface area contributed by atoms with Crippen LogP contribution in [-0.4, -0.2) is 56.0 Å². The molecule has 2 aromatic rings. The normalized spacial score (nSPS) is 16.1. The monoisotopic (exact) mass is 432 g/mol. The van der Waals surface area contributed by atoms with E-state index in [0.717, 1.165) is 28.9 Å². The van der Waals surface area contributed by atoms with Gasteiger partial charge in [0, 0.05) is 44.6 Å². The Balaban J connectivity index is 0.000000258. The first-order valence-corrected chi connectivity index (χ1v) is 10.5. The molecule has 0 atom stereocenters. The molecule has 0 aliphatic carbocycles. The van der Waals surface area contributed by atoms with Gasteiger partial charge >= 0.3 is 11.9 Å². The van der Waals surface area contributed by atoms with Gasteiger partial charge in [0.05, 0.1) is 17.8 Å². The third-order valence-corrected chi connectivity index (χ3v) is 6.53. The lowest BCUT2D eigenvalue weighted by Crippen LogP contribution is -2.23. The summed E-state index contributed by atoms with van der Waals surface area (Å²) in [5.74, 6) is -2.51. The number of amidine groups is 1. The topological polar surface area (TPSA) is 110 Å². The highest BCUT2D eigenvalue weighted by Gasteiger charge is 2.39. The highest BCUT2D eigenvalue weighted by Crippen LogP contribution is 2.48. The van der Waals surface area contributed by atoms with E-state index >= 15 is 0 Å². The fourth-order valence-electron chi connectivity index (χ4n) is 2.97. The lowest BCUT2D eigenvalue weighted by atomic mass is 10.0.